The Balaban J connectivity index is 1.51. The van der Waals surface area contributed by atoms with Gasteiger partial charge in [0, 0.05) is 11.8 Å². The molecule has 3 aliphatic rings. The Hall–Kier alpha value is -3.92. The lowest BCUT2D eigenvalue weighted by atomic mass is 9.71. The van der Waals surface area contributed by atoms with Crippen LogP contribution in [0.3, 0.4) is 0 Å². The lowest BCUT2D eigenvalue weighted by Crippen LogP contribution is -2.34. The summed E-state index contributed by atoms with van der Waals surface area (Å²) < 4.78 is 5.57. The number of carbonyl (C=O) groups excluding carboxylic acids is 2. The van der Waals surface area contributed by atoms with Gasteiger partial charge in [-0.25, -0.2) is 4.90 Å². The molecule has 2 bridgehead atoms. The molecule has 1 saturated carbocycles. The van der Waals surface area contributed by atoms with Crippen molar-refractivity contribution in [3.8, 4) is 5.75 Å². The second kappa shape index (κ2) is 9.13. The summed E-state index contributed by atoms with van der Waals surface area (Å²) in [6.45, 7) is 9.13. The monoisotopic (exact) mass is 503 g/mol. The minimum Gasteiger partial charge on any atom is -0.494 e. The lowest BCUT2D eigenvalue weighted by molar-refractivity contribution is -0.122. The molecule has 3 aromatic carbocycles. The van der Waals surface area contributed by atoms with Crippen LogP contribution < -0.4 is 9.64 Å². The molecule has 2 aliphatic carbocycles. The number of rotatable bonds is 5. The van der Waals surface area contributed by atoms with E-state index in [1.165, 1.54) is 16.0 Å². The maximum Gasteiger partial charge on any atom is 0.238 e. The normalized spacial score (nSPS) is 24.1. The quantitative estimate of drug-likeness (QED) is 0.280. The van der Waals surface area contributed by atoms with Crippen molar-refractivity contribution in [2.24, 2.45) is 29.1 Å². The van der Waals surface area contributed by atoms with Crippen LogP contribution in [0.2, 0.25) is 0 Å². The van der Waals surface area contributed by atoms with Gasteiger partial charge in [-0.05, 0) is 58.9 Å². The first kappa shape index (κ1) is 24.4. The number of hydrogen-bond donors (Lipinski definition) is 0. The van der Waals surface area contributed by atoms with Crippen molar-refractivity contribution in [3.05, 3.63) is 113 Å². The highest BCUT2D eigenvalue weighted by Crippen LogP contribution is 2.64. The summed E-state index contributed by atoms with van der Waals surface area (Å²) in [6.07, 6.45) is 2.31. The summed E-state index contributed by atoms with van der Waals surface area (Å²) in [5.74, 6) is -0.460. The zero-order valence-corrected chi connectivity index (χ0v) is 22.3. The average molecular weight is 504 g/mol. The minimum atomic E-state index is -0.393. The van der Waals surface area contributed by atoms with E-state index in [0.717, 1.165) is 22.4 Å². The van der Waals surface area contributed by atoms with Crippen LogP contribution in [0.25, 0.3) is 5.57 Å². The molecule has 1 heterocycles. The Bertz CT molecular complexity index is 1400. The molecule has 3 aromatic rings. The van der Waals surface area contributed by atoms with E-state index in [1.54, 1.807) is 0 Å². The van der Waals surface area contributed by atoms with Crippen molar-refractivity contribution in [1.82, 2.24) is 0 Å². The van der Waals surface area contributed by atoms with Gasteiger partial charge in [-0.15, -0.1) is 0 Å². The number of hydrogen-bond acceptors (Lipinski definition) is 3. The zero-order chi connectivity index (χ0) is 26.6. The molecule has 4 nitrogen and oxygen atoms in total. The third-order valence-corrected chi connectivity index (χ3v) is 8.22. The number of ether oxygens (including phenoxy) is 1. The molecule has 0 spiro atoms. The molecule has 2 amide bonds. The van der Waals surface area contributed by atoms with Crippen LogP contribution in [-0.4, -0.2) is 18.4 Å². The average Bonchev–Trinajstić information content (AvgIpc) is 3.53. The largest absolute Gasteiger partial charge is 0.494 e. The maximum atomic E-state index is 14.1. The van der Waals surface area contributed by atoms with Crippen molar-refractivity contribution < 1.29 is 14.3 Å². The van der Waals surface area contributed by atoms with Gasteiger partial charge in [0.05, 0.1) is 24.1 Å². The molecular weight excluding hydrogens is 470 g/mol. The predicted molar refractivity (Wildman–Crippen MR) is 151 cm³/mol. The summed E-state index contributed by atoms with van der Waals surface area (Å²) in [6, 6.07) is 28.1. The Morgan fingerprint density at radius 1 is 0.789 bits per heavy atom. The van der Waals surface area contributed by atoms with Crippen LogP contribution in [0, 0.1) is 29.1 Å². The Kier molecular flexibility index (Phi) is 5.86. The van der Waals surface area contributed by atoms with E-state index in [-0.39, 0.29) is 35.0 Å². The predicted octanol–water partition coefficient (Wildman–Crippen LogP) is 6.93. The molecule has 4 heteroatoms. The second-order valence-corrected chi connectivity index (χ2v) is 11.4. The second-order valence-electron chi connectivity index (χ2n) is 11.4. The van der Waals surface area contributed by atoms with Crippen LogP contribution in [-0.2, 0) is 9.59 Å². The number of imide groups is 1. The summed E-state index contributed by atoms with van der Waals surface area (Å²) in [7, 11) is 0. The van der Waals surface area contributed by atoms with Crippen molar-refractivity contribution in [2.75, 3.05) is 11.5 Å². The fraction of sp³-hybridized carbons (Fsp3) is 0.294. The van der Waals surface area contributed by atoms with E-state index in [9.17, 15) is 9.59 Å². The number of allylic oxidation sites excluding steroid dienone is 3. The first-order valence-electron chi connectivity index (χ1n) is 13.5. The molecular formula is C34H33NO3. The van der Waals surface area contributed by atoms with Gasteiger partial charge in [0.2, 0.25) is 11.8 Å². The minimum absolute atomic E-state index is 0.0931. The van der Waals surface area contributed by atoms with E-state index in [4.69, 9.17) is 4.74 Å². The van der Waals surface area contributed by atoms with Crippen molar-refractivity contribution in [1.29, 1.82) is 0 Å². The molecule has 192 valence electrons. The molecule has 0 aromatic heterocycles. The molecule has 0 unspecified atom stereocenters. The highest BCUT2D eigenvalue weighted by atomic mass is 16.5. The summed E-state index contributed by atoms with van der Waals surface area (Å²) in [5, 5.41) is 0. The van der Waals surface area contributed by atoms with E-state index in [2.05, 4.69) is 75.4 Å². The topological polar surface area (TPSA) is 46.6 Å². The number of benzene rings is 3. The Labute approximate surface area is 224 Å². The molecule has 4 atom stereocenters. The first-order chi connectivity index (χ1) is 18.3. The van der Waals surface area contributed by atoms with Gasteiger partial charge in [0.25, 0.3) is 0 Å². The van der Waals surface area contributed by atoms with Crippen molar-refractivity contribution in [3.63, 3.8) is 0 Å². The van der Waals surface area contributed by atoms with Gasteiger partial charge in [-0.3, -0.25) is 9.59 Å². The van der Waals surface area contributed by atoms with Crippen LogP contribution in [0.15, 0.2) is 102 Å². The maximum absolute atomic E-state index is 14.1. The van der Waals surface area contributed by atoms with Gasteiger partial charge < -0.3 is 4.74 Å². The number of nitrogens with zero attached hydrogens (tertiary/aromatic N) is 1. The third-order valence-electron chi connectivity index (χ3n) is 8.22. The van der Waals surface area contributed by atoms with Gasteiger partial charge in [0.15, 0.2) is 0 Å². The van der Waals surface area contributed by atoms with E-state index in [1.807, 2.05) is 43.3 Å². The highest BCUT2D eigenvalue weighted by molar-refractivity contribution is 6.23. The Morgan fingerprint density at radius 3 is 1.87 bits per heavy atom. The molecule has 6 rings (SSSR count). The van der Waals surface area contributed by atoms with Crippen LogP contribution >= 0.6 is 0 Å². The van der Waals surface area contributed by atoms with Crippen molar-refractivity contribution >= 4 is 23.1 Å². The molecule has 0 radical (unpaired) electrons. The molecule has 2 fully saturated rings. The van der Waals surface area contributed by atoms with E-state index >= 15 is 0 Å². The van der Waals surface area contributed by atoms with Gasteiger partial charge in [-0.2, -0.15) is 0 Å². The lowest BCUT2D eigenvalue weighted by Gasteiger charge is -2.31. The first-order valence-corrected chi connectivity index (χ1v) is 13.5. The number of carbonyl (C=O) groups is 2. The van der Waals surface area contributed by atoms with E-state index < -0.39 is 5.92 Å². The summed E-state index contributed by atoms with van der Waals surface area (Å²) in [4.78, 5) is 29.6. The van der Waals surface area contributed by atoms with Crippen LogP contribution in [0.5, 0.6) is 5.75 Å². The third kappa shape index (κ3) is 3.74. The molecule has 0 N–H and O–H groups in total. The number of anilines is 1. The standard InChI is InChI=1S/C34H33NO3/c1-5-38-24-18-16-23(17-19-24)35-32(36)29-25-20-26(34(2,3)4)30(31(29)33(35)37)28(25)27(21-12-8-6-9-13-21)22-14-10-7-11-15-22/h6-20,25,29-31H,5H2,1-4H3/t25-,29+,30-,31+/m0/s1. The summed E-state index contributed by atoms with van der Waals surface area (Å²) in [5.41, 5.74) is 6.37. The van der Waals surface area contributed by atoms with Crippen LogP contribution in [0.1, 0.15) is 38.8 Å². The highest BCUT2D eigenvalue weighted by Gasteiger charge is 2.65. The SMILES string of the molecule is CCOc1ccc(N2C(=O)[C@H]3[C@H]4C(C(C)(C)C)=C[C@@H](C4=C(c4ccccc4)c4ccccc4)[C@H]3C2=O)cc1. The van der Waals surface area contributed by atoms with Crippen molar-refractivity contribution in [2.45, 2.75) is 27.7 Å². The van der Waals surface area contributed by atoms with Gasteiger partial charge in [0.1, 0.15) is 5.75 Å². The molecule has 38 heavy (non-hydrogen) atoms. The summed E-state index contributed by atoms with van der Waals surface area (Å²) >= 11 is 0. The van der Waals surface area contributed by atoms with Gasteiger partial charge >= 0.3 is 0 Å². The van der Waals surface area contributed by atoms with E-state index in [0.29, 0.717) is 12.3 Å². The molecule has 1 aliphatic heterocycles. The van der Waals surface area contributed by atoms with Crippen LogP contribution in [0.4, 0.5) is 5.69 Å². The smallest absolute Gasteiger partial charge is 0.238 e. The molecule has 1 saturated heterocycles. The zero-order valence-electron chi connectivity index (χ0n) is 22.3. The number of amides is 2. The fourth-order valence-electron chi connectivity index (χ4n) is 6.75. The Morgan fingerprint density at radius 2 is 1.34 bits per heavy atom. The number of fused-ring (bicyclic) bond motifs is 5. The van der Waals surface area contributed by atoms with Gasteiger partial charge in [-0.1, -0.05) is 93.1 Å². The fourth-order valence-corrected chi connectivity index (χ4v) is 6.75.